The first-order chi connectivity index (χ1) is 8.92. The third-order valence-electron chi connectivity index (χ3n) is 3.19. The first-order valence-corrected chi connectivity index (χ1v) is 7.11. The minimum Gasteiger partial charge on any atom is -0.368 e. The summed E-state index contributed by atoms with van der Waals surface area (Å²) in [5.41, 5.74) is 2.85. The highest BCUT2D eigenvalue weighted by Crippen LogP contribution is 2.23. The number of aryl methyl sites for hydroxylation is 2. The van der Waals surface area contributed by atoms with Gasteiger partial charge in [-0.25, -0.2) is 9.97 Å². The van der Waals surface area contributed by atoms with Crippen molar-refractivity contribution in [2.75, 3.05) is 13.2 Å². The zero-order valence-corrected chi connectivity index (χ0v) is 13.1. The zero-order valence-electron chi connectivity index (χ0n) is 13.1. The molecular formula is C15H27N3O. The highest BCUT2D eigenvalue weighted by atomic mass is 16.5. The third-order valence-corrected chi connectivity index (χ3v) is 3.19. The highest BCUT2D eigenvalue weighted by Gasteiger charge is 2.25. The second kappa shape index (κ2) is 6.96. The van der Waals surface area contributed by atoms with Gasteiger partial charge in [-0.2, -0.15) is 0 Å². The van der Waals surface area contributed by atoms with Crippen LogP contribution >= 0.6 is 0 Å². The Labute approximate surface area is 117 Å². The van der Waals surface area contributed by atoms with E-state index in [0.29, 0.717) is 6.61 Å². The van der Waals surface area contributed by atoms with Gasteiger partial charge in [0.15, 0.2) is 5.82 Å². The Morgan fingerprint density at radius 2 is 1.68 bits per heavy atom. The largest absolute Gasteiger partial charge is 0.368 e. The minimum absolute atomic E-state index is 0.431. The molecule has 0 aromatic carbocycles. The lowest BCUT2D eigenvalue weighted by Gasteiger charge is -2.24. The molecule has 0 saturated heterocycles. The van der Waals surface area contributed by atoms with E-state index in [2.05, 4.69) is 22.2 Å². The quantitative estimate of drug-likeness (QED) is 0.770. The standard InChI is InChI=1S/C15H27N3O/c1-7-9-16-10-13-11(3)17-14(18-12(13)4)15(5,6)19-8-2/h16H,7-10H2,1-6H3. The topological polar surface area (TPSA) is 47.0 Å². The van der Waals surface area contributed by atoms with Crippen LogP contribution in [0.5, 0.6) is 0 Å². The van der Waals surface area contributed by atoms with Crippen molar-refractivity contribution < 1.29 is 4.74 Å². The van der Waals surface area contributed by atoms with E-state index in [1.54, 1.807) is 0 Å². The Hall–Kier alpha value is -1.00. The van der Waals surface area contributed by atoms with Gasteiger partial charge >= 0.3 is 0 Å². The summed E-state index contributed by atoms with van der Waals surface area (Å²) in [7, 11) is 0. The van der Waals surface area contributed by atoms with Gasteiger partial charge in [-0.05, 0) is 47.6 Å². The highest BCUT2D eigenvalue weighted by molar-refractivity contribution is 5.25. The summed E-state index contributed by atoms with van der Waals surface area (Å²) < 4.78 is 5.72. The van der Waals surface area contributed by atoms with Crippen molar-refractivity contribution in [3.8, 4) is 0 Å². The molecule has 1 aromatic heterocycles. The summed E-state index contributed by atoms with van der Waals surface area (Å²) in [5.74, 6) is 0.767. The molecule has 0 aliphatic carbocycles. The van der Waals surface area contributed by atoms with Crippen molar-refractivity contribution >= 4 is 0 Å². The summed E-state index contributed by atoms with van der Waals surface area (Å²) >= 11 is 0. The second-order valence-electron chi connectivity index (χ2n) is 5.32. The van der Waals surface area contributed by atoms with Crippen LogP contribution in [-0.4, -0.2) is 23.1 Å². The van der Waals surface area contributed by atoms with Crippen molar-refractivity contribution in [3.05, 3.63) is 22.8 Å². The molecule has 0 saturated carbocycles. The molecule has 0 bridgehead atoms. The molecule has 19 heavy (non-hydrogen) atoms. The van der Waals surface area contributed by atoms with Crippen LogP contribution in [0.3, 0.4) is 0 Å². The van der Waals surface area contributed by atoms with E-state index in [1.807, 2.05) is 34.6 Å². The fourth-order valence-electron chi connectivity index (χ4n) is 2.08. The van der Waals surface area contributed by atoms with Gasteiger partial charge in [-0.3, -0.25) is 0 Å². The van der Waals surface area contributed by atoms with Gasteiger partial charge < -0.3 is 10.1 Å². The second-order valence-corrected chi connectivity index (χ2v) is 5.32. The number of rotatable bonds is 7. The van der Waals surface area contributed by atoms with Crippen molar-refractivity contribution in [3.63, 3.8) is 0 Å². The van der Waals surface area contributed by atoms with E-state index >= 15 is 0 Å². The molecular weight excluding hydrogens is 238 g/mol. The van der Waals surface area contributed by atoms with Crippen molar-refractivity contribution in [2.45, 2.75) is 60.1 Å². The van der Waals surface area contributed by atoms with Crippen LogP contribution in [-0.2, 0) is 16.9 Å². The number of ether oxygens (including phenoxy) is 1. The Kier molecular flexibility index (Phi) is 5.88. The first kappa shape index (κ1) is 16.1. The van der Waals surface area contributed by atoms with Crippen molar-refractivity contribution in [1.29, 1.82) is 0 Å². The average molecular weight is 265 g/mol. The number of nitrogens with one attached hydrogen (secondary N) is 1. The van der Waals surface area contributed by atoms with Crippen LogP contribution in [0.1, 0.15) is 56.9 Å². The van der Waals surface area contributed by atoms with Gasteiger partial charge in [-0.1, -0.05) is 6.92 Å². The smallest absolute Gasteiger partial charge is 0.160 e. The van der Waals surface area contributed by atoms with E-state index < -0.39 is 5.60 Å². The molecule has 1 heterocycles. The SMILES string of the molecule is CCCNCc1c(C)nc(C(C)(C)OCC)nc1C. The molecule has 4 heteroatoms. The Bertz CT molecular complexity index is 393. The molecule has 4 nitrogen and oxygen atoms in total. The van der Waals surface area contributed by atoms with Crippen LogP contribution in [0.25, 0.3) is 0 Å². The maximum atomic E-state index is 5.72. The molecule has 1 aromatic rings. The van der Waals surface area contributed by atoms with Gasteiger partial charge in [0.25, 0.3) is 0 Å². The molecule has 1 N–H and O–H groups in total. The zero-order chi connectivity index (χ0) is 14.5. The van der Waals surface area contributed by atoms with E-state index in [9.17, 15) is 0 Å². The molecule has 1 rings (SSSR count). The fourth-order valence-corrected chi connectivity index (χ4v) is 2.08. The van der Waals surface area contributed by atoms with Crippen LogP contribution in [0, 0.1) is 13.8 Å². The summed E-state index contributed by atoms with van der Waals surface area (Å²) in [6.07, 6.45) is 1.13. The molecule has 0 amide bonds. The first-order valence-electron chi connectivity index (χ1n) is 7.11. The predicted molar refractivity (Wildman–Crippen MR) is 78.2 cm³/mol. The third kappa shape index (κ3) is 4.25. The molecule has 0 aliphatic heterocycles. The summed E-state index contributed by atoms with van der Waals surface area (Å²) in [5, 5.41) is 3.41. The molecule has 108 valence electrons. The predicted octanol–water partition coefficient (Wildman–Crippen LogP) is 2.86. The molecule has 0 radical (unpaired) electrons. The van der Waals surface area contributed by atoms with Crippen LogP contribution in [0.2, 0.25) is 0 Å². The maximum absolute atomic E-state index is 5.72. The molecule has 0 aliphatic rings. The Morgan fingerprint density at radius 1 is 1.11 bits per heavy atom. The number of hydrogen-bond donors (Lipinski definition) is 1. The summed E-state index contributed by atoms with van der Waals surface area (Å²) in [6.45, 7) is 14.8. The molecule has 0 fully saturated rings. The summed E-state index contributed by atoms with van der Waals surface area (Å²) in [6, 6.07) is 0. The Morgan fingerprint density at radius 3 is 2.16 bits per heavy atom. The number of hydrogen-bond acceptors (Lipinski definition) is 4. The average Bonchev–Trinajstić information content (AvgIpc) is 2.32. The Balaban J connectivity index is 2.96. The van der Waals surface area contributed by atoms with Gasteiger partial charge in [0.2, 0.25) is 0 Å². The molecule has 0 spiro atoms. The van der Waals surface area contributed by atoms with Crippen molar-refractivity contribution in [2.24, 2.45) is 0 Å². The number of nitrogens with zero attached hydrogens (tertiary/aromatic N) is 2. The van der Waals surface area contributed by atoms with Gasteiger partial charge in [0.1, 0.15) is 5.60 Å². The van der Waals surface area contributed by atoms with Crippen LogP contribution in [0.4, 0.5) is 0 Å². The van der Waals surface area contributed by atoms with Crippen LogP contribution in [0.15, 0.2) is 0 Å². The van der Waals surface area contributed by atoms with Crippen LogP contribution < -0.4 is 5.32 Å². The number of aromatic nitrogens is 2. The van der Waals surface area contributed by atoms with Gasteiger partial charge in [0, 0.05) is 30.1 Å². The maximum Gasteiger partial charge on any atom is 0.160 e. The molecule has 0 atom stereocenters. The van der Waals surface area contributed by atoms with Gasteiger partial charge in [-0.15, -0.1) is 0 Å². The minimum atomic E-state index is -0.431. The fraction of sp³-hybridized carbons (Fsp3) is 0.733. The summed E-state index contributed by atoms with van der Waals surface area (Å²) in [4.78, 5) is 9.25. The van der Waals surface area contributed by atoms with E-state index in [-0.39, 0.29) is 0 Å². The van der Waals surface area contributed by atoms with E-state index in [4.69, 9.17) is 4.74 Å². The van der Waals surface area contributed by atoms with E-state index in [1.165, 1.54) is 5.56 Å². The van der Waals surface area contributed by atoms with Gasteiger partial charge in [0.05, 0.1) is 0 Å². The lowest BCUT2D eigenvalue weighted by atomic mass is 10.1. The normalized spacial score (nSPS) is 11.9. The van der Waals surface area contributed by atoms with E-state index in [0.717, 1.165) is 36.7 Å². The molecule has 0 unspecified atom stereocenters. The monoisotopic (exact) mass is 265 g/mol. The lowest BCUT2D eigenvalue weighted by Crippen LogP contribution is -2.27. The lowest BCUT2D eigenvalue weighted by molar-refractivity contribution is -0.0210. The van der Waals surface area contributed by atoms with Crippen molar-refractivity contribution in [1.82, 2.24) is 15.3 Å².